The molecule has 0 saturated heterocycles. The second-order valence-electron chi connectivity index (χ2n) is 4.65. The predicted octanol–water partition coefficient (Wildman–Crippen LogP) is 4.23. The Bertz CT molecular complexity index is 526. The topological polar surface area (TPSA) is 20.2 Å². The molecule has 0 aliphatic rings. The summed E-state index contributed by atoms with van der Waals surface area (Å²) in [6.07, 6.45) is 0. The smallest absolute Gasteiger partial charge is 0.0840 e. The van der Waals surface area contributed by atoms with Crippen LogP contribution in [0.15, 0.2) is 48.5 Å². The van der Waals surface area contributed by atoms with Crippen LogP contribution in [-0.2, 0) is 5.60 Å². The van der Waals surface area contributed by atoms with Crippen molar-refractivity contribution in [2.45, 2.75) is 19.4 Å². The molecule has 0 amide bonds. The van der Waals surface area contributed by atoms with E-state index >= 15 is 0 Å². The first-order chi connectivity index (χ1) is 7.97. The van der Waals surface area contributed by atoms with Gasteiger partial charge in [-0.2, -0.15) is 0 Å². The molecule has 0 unspecified atom stereocenters. The van der Waals surface area contributed by atoms with Crippen LogP contribution in [0, 0.1) is 0 Å². The first-order valence-electron chi connectivity index (χ1n) is 5.56. The van der Waals surface area contributed by atoms with Crippen LogP contribution < -0.4 is 0 Å². The van der Waals surface area contributed by atoms with Crippen molar-refractivity contribution >= 4 is 11.6 Å². The SMILES string of the molecule is CC(C)(O)c1cccc(-c2cccc(Cl)c2)c1. The van der Waals surface area contributed by atoms with Gasteiger partial charge in [-0.3, -0.25) is 0 Å². The van der Waals surface area contributed by atoms with Crippen LogP contribution in [0.4, 0.5) is 0 Å². The zero-order chi connectivity index (χ0) is 12.5. The Morgan fingerprint density at radius 2 is 1.53 bits per heavy atom. The molecule has 1 nitrogen and oxygen atoms in total. The molecule has 2 rings (SSSR count). The molecule has 2 aromatic rings. The third kappa shape index (κ3) is 2.87. The highest BCUT2D eigenvalue weighted by molar-refractivity contribution is 6.30. The van der Waals surface area contributed by atoms with E-state index in [0.717, 1.165) is 21.7 Å². The van der Waals surface area contributed by atoms with E-state index in [0.29, 0.717) is 0 Å². The number of benzene rings is 2. The Hall–Kier alpha value is -1.31. The quantitative estimate of drug-likeness (QED) is 0.841. The molecule has 0 aliphatic carbocycles. The van der Waals surface area contributed by atoms with E-state index in [1.165, 1.54) is 0 Å². The predicted molar refractivity (Wildman–Crippen MR) is 72.1 cm³/mol. The van der Waals surface area contributed by atoms with E-state index < -0.39 is 5.60 Å². The highest BCUT2D eigenvalue weighted by Gasteiger charge is 2.15. The van der Waals surface area contributed by atoms with Crippen molar-refractivity contribution in [3.05, 3.63) is 59.1 Å². The third-order valence-corrected chi connectivity index (χ3v) is 2.96. The average Bonchev–Trinajstić information content (AvgIpc) is 2.28. The second-order valence-corrected chi connectivity index (χ2v) is 5.09. The van der Waals surface area contributed by atoms with Crippen LogP contribution in [0.5, 0.6) is 0 Å². The van der Waals surface area contributed by atoms with Crippen LogP contribution in [0.2, 0.25) is 5.02 Å². The van der Waals surface area contributed by atoms with Gasteiger partial charge in [0.15, 0.2) is 0 Å². The molecule has 0 atom stereocenters. The molecule has 0 saturated carbocycles. The fourth-order valence-electron chi connectivity index (χ4n) is 1.75. The maximum absolute atomic E-state index is 9.99. The molecule has 17 heavy (non-hydrogen) atoms. The highest BCUT2D eigenvalue weighted by atomic mass is 35.5. The molecule has 0 aromatic heterocycles. The lowest BCUT2D eigenvalue weighted by molar-refractivity contribution is 0.0786. The normalized spacial score (nSPS) is 11.5. The van der Waals surface area contributed by atoms with Gasteiger partial charge < -0.3 is 5.11 Å². The molecule has 88 valence electrons. The molecular formula is C15H15ClO. The van der Waals surface area contributed by atoms with Gasteiger partial charge in [-0.15, -0.1) is 0 Å². The first kappa shape index (κ1) is 12.2. The maximum atomic E-state index is 9.99. The number of halogens is 1. The standard InChI is InChI=1S/C15H15ClO/c1-15(2,17)13-7-3-5-11(9-13)12-6-4-8-14(16)10-12/h3-10,17H,1-2H3. The lowest BCUT2D eigenvalue weighted by Crippen LogP contribution is -2.15. The highest BCUT2D eigenvalue weighted by Crippen LogP contribution is 2.27. The summed E-state index contributed by atoms with van der Waals surface area (Å²) in [4.78, 5) is 0. The van der Waals surface area contributed by atoms with Gasteiger partial charge in [0.05, 0.1) is 5.60 Å². The molecule has 0 radical (unpaired) electrons. The molecule has 0 bridgehead atoms. The van der Waals surface area contributed by atoms with E-state index in [9.17, 15) is 5.11 Å². The first-order valence-corrected chi connectivity index (χ1v) is 5.93. The average molecular weight is 247 g/mol. The number of hydrogen-bond donors (Lipinski definition) is 1. The molecule has 0 fully saturated rings. The summed E-state index contributed by atoms with van der Waals surface area (Å²) >= 11 is 5.98. The van der Waals surface area contributed by atoms with E-state index in [-0.39, 0.29) is 0 Å². The Kier molecular flexibility index (Phi) is 3.23. The van der Waals surface area contributed by atoms with E-state index in [1.807, 2.05) is 48.5 Å². The minimum absolute atomic E-state index is 0.719. The summed E-state index contributed by atoms with van der Waals surface area (Å²) in [5.41, 5.74) is 2.19. The largest absolute Gasteiger partial charge is 0.386 e. The van der Waals surface area contributed by atoms with Crippen molar-refractivity contribution in [1.82, 2.24) is 0 Å². The fraction of sp³-hybridized carbons (Fsp3) is 0.200. The van der Waals surface area contributed by atoms with Crippen molar-refractivity contribution in [3.8, 4) is 11.1 Å². The Labute approximate surface area is 107 Å². The van der Waals surface area contributed by atoms with Gasteiger partial charge in [0, 0.05) is 5.02 Å². The lowest BCUT2D eigenvalue weighted by atomic mass is 9.94. The third-order valence-electron chi connectivity index (χ3n) is 2.73. The number of rotatable bonds is 2. The van der Waals surface area contributed by atoms with E-state index in [4.69, 9.17) is 11.6 Å². The molecule has 2 aromatic carbocycles. The molecule has 0 heterocycles. The van der Waals surface area contributed by atoms with Gasteiger partial charge >= 0.3 is 0 Å². The summed E-state index contributed by atoms with van der Waals surface area (Å²) in [6, 6.07) is 15.6. The zero-order valence-electron chi connectivity index (χ0n) is 9.94. The molecule has 1 N–H and O–H groups in total. The summed E-state index contributed by atoms with van der Waals surface area (Å²) in [5, 5.41) is 10.7. The minimum Gasteiger partial charge on any atom is -0.386 e. The zero-order valence-corrected chi connectivity index (χ0v) is 10.7. The Balaban J connectivity index is 2.47. The Morgan fingerprint density at radius 3 is 2.12 bits per heavy atom. The van der Waals surface area contributed by atoms with Crippen LogP contribution in [-0.4, -0.2) is 5.11 Å². The molecule has 2 heteroatoms. The van der Waals surface area contributed by atoms with Crippen LogP contribution in [0.25, 0.3) is 11.1 Å². The van der Waals surface area contributed by atoms with Crippen molar-refractivity contribution in [3.63, 3.8) is 0 Å². The molecule has 0 spiro atoms. The second kappa shape index (κ2) is 4.52. The van der Waals surface area contributed by atoms with Crippen molar-refractivity contribution < 1.29 is 5.11 Å². The van der Waals surface area contributed by atoms with Crippen LogP contribution in [0.1, 0.15) is 19.4 Å². The van der Waals surface area contributed by atoms with E-state index in [2.05, 4.69) is 0 Å². The Morgan fingerprint density at radius 1 is 0.941 bits per heavy atom. The van der Waals surface area contributed by atoms with Gasteiger partial charge in [-0.05, 0) is 48.7 Å². The lowest BCUT2D eigenvalue weighted by Gasteiger charge is -2.18. The van der Waals surface area contributed by atoms with Crippen molar-refractivity contribution in [1.29, 1.82) is 0 Å². The van der Waals surface area contributed by atoms with Gasteiger partial charge in [0.2, 0.25) is 0 Å². The maximum Gasteiger partial charge on any atom is 0.0840 e. The van der Waals surface area contributed by atoms with Gasteiger partial charge in [-0.25, -0.2) is 0 Å². The summed E-state index contributed by atoms with van der Waals surface area (Å²) in [7, 11) is 0. The van der Waals surface area contributed by atoms with Gasteiger partial charge in [-0.1, -0.05) is 41.9 Å². The summed E-state index contributed by atoms with van der Waals surface area (Å²) in [6.45, 7) is 3.56. The fourth-order valence-corrected chi connectivity index (χ4v) is 1.94. The summed E-state index contributed by atoms with van der Waals surface area (Å²) < 4.78 is 0. The van der Waals surface area contributed by atoms with Crippen LogP contribution in [0.3, 0.4) is 0 Å². The van der Waals surface area contributed by atoms with Gasteiger partial charge in [0.25, 0.3) is 0 Å². The van der Waals surface area contributed by atoms with E-state index in [1.54, 1.807) is 13.8 Å². The monoisotopic (exact) mass is 246 g/mol. The molecule has 0 aliphatic heterocycles. The molecular weight excluding hydrogens is 232 g/mol. The summed E-state index contributed by atoms with van der Waals surface area (Å²) in [5.74, 6) is 0. The van der Waals surface area contributed by atoms with Crippen molar-refractivity contribution in [2.24, 2.45) is 0 Å². The number of aliphatic hydroxyl groups is 1. The van der Waals surface area contributed by atoms with Gasteiger partial charge in [0.1, 0.15) is 0 Å². The minimum atomic E-state index is -0.825. The van der Waals surface area contributed by atoms with Crippen LogP contribution >= 0.6 is 11.6 Å². The van der Waals surface area contributed by atoms with Crippen molar-refractivity contribution in [2.75, 3.05) is 0 Å². The number of hydrogen-bond acceptors (Lipinski definition) is 1.